The van der Waals surface area contributed by atoms with E-state index >= 15 is 0 Å². The van der Waals surface area contributed by atoms with Crippen molar-refractivity contribution in [2.24, 2.45) is 0 Å². The minimum atomic E-state index is -4.63. The van der Waals surface area contributed by atoms with Crippen LogP contribution in [0, 0.1) is 6.92 Å². The number of carbonyl (C=O) groups is 1. The average Bonchev–Trinajstić information content (AvgIpc) is 2.65. The molecule has 3 aromatic rings. The number of hydrogen-bond acceptors (Lipinski definition) is 3. The van der Waals surface area contributed by atoms with Gasteiger partial charge in [0.15, 0.2) is 0 Å². The molecule has 7 heteroatoms. The summed E-state index contributed by atoms with van der Waals surface area (Å²) in [5.41, 5.74) is 2.48. The summed E-state index contributed by atoms with van der Waals surface area (Å²) in [4.78, 5) is 30.8. The Balaban J connectivity index is 1.78. The second-order valence-electron chi connectivity index (χ2n) is 6.71. The maximum atomic E-state index is 12.7. The zero-order valence-electron chi connectivity index (χ0n) is 15.4. The number of nitrogens with one attached hydrogen (secondary N) is 1. The molecule has 0 spiro atoms. The molecule has 0 saturated carbocycles. The van der Waals surface area contributed by atoms with E-state index in [9.17, 15) is 9.36 Å². The number of rotatable bonds is 7. The van der Waals surface area contributed by atoms with Crippen LogP contribution in [-0.2, 0) is 15.5 Å². The summed E-state index contributed by atoms with van der Waals surface area (Å²) in [7, 11) is -4.63. The highest BCUT2D eigenvalue weighted by atomic mass is 31.2. The predicted octanol–water partition coefficient (Wildman–Crippen LogP) is 3.60. The molecule has 3 aromatic carbocycles. The number of hydrogen-bond donors (Lipinski definition) is 3. The third-order valence-corrected chi connectivity index (χ3v) is 4.84. The van der Waals surface area contributed by atoms with Gasteiger partial charge in [-0.1, -0.05) is 60.2 Å². The van der Waals surface area contributed by atoms with Gasteiger partial charge in [-0.3, -0.25) is 9.32 Å². The normalized spacial score (nSPS) is 12.7. The second kappa shape index (κ2) is 8.67. The Morgan fingerprint density at radius 1 is 1.04 bits per heavy atom. The largest absolute Gasteiger partial charge is 0.469 e. The van der Waals surface area contributed by atoms with E-state index in [4.69, 9.17) is 9.79 Å². The van der Waals surface area contributed by atoms with Crippen LogP contribution >= 0.6 is 7.82 Å². The van der Waals surface area contributed by atoms with Crippen LogP contribution < -0.4 is 5.32 Å². The minimum absolute atomic E-state index is 0.294. The molecule has 0 saturated heterocycles. The van der Waals surface area contributed by atoms with Crippen LogP contribution in [0.15, 0.2) is 66.7 Å². The van der Waals surface area contributed by atoms with Crippen LogP contribution in [0.25, 0.3) is 10.8 Å². The van der Waals surface area contributed by atoms with Crippen molar-refractivity contribution in [2.45, 2.75) is 19.4 Å². The van der Waals surface area contributed by atoms with Crippen molar-refractivity contribution >= 4 is 24.5 Å². The molecule has 0 heterocycles. The van der Waals surface area contributed by atoms with Gasteiger partial charge in [0.05, 0.1) is 12.6 Å². The molecule has 1 atom stereocenters. The molecule has 146 valence electrons. The fraction of sp³-hybridized carbons (Fsp3) is 0.190. The topological polar surface area (TPSA) is 95.9 Å². The lowest BCUT2D eigenvalue weighted by molar-refractivity contribution is 0.0909. The van der Waals surface area contributed by atoms with Crippen LogP contribution in [0.1, 0.15) is 21.5 Å². The molecule has 6 nitrogen and oxygen atoms in total. The molecule has 3 rings (SSSR count). The highest BCUT2D eigenvalue weighted by molar-refractivity contribution is 7.46. The van der Waals surface area contributed by atoms with E-state index in [0.29, 0.717) is 12.0 Å². The first-order chi connectivity index (χ1) is 13.3. The zero-order valence-corrected chi connectivity index (χ0v) is 16.3. The lowest BCUT2D eigenvalue weighted by Gasteiger charge is -2.20. The summed E-state index contributed by atoms with van der Waals surface area (Å²) in [5.74, 6) is -0.322. The van der Waals surface area contributed by atoms with Gasteiger partial charge in [0.1, 0.15) is 0 Å². The molecule has 0 aromatic heterocycles. The van der Waals surface area contributed by atoms with E-state index in [2.05, 4.69) is 9.84 Å². The number of phosphoric ester groups is 1. The first-order valence-corrected chi connectivity index (χ1v) is 10.4. The highest BCUT2D eigenvalue weighted by Gasteiger charge is 2.21. The maximum Gasteiger partial charge on any atom is 0.469 e. The van der Waals surface area contributed by atoms with E-state index in [1.807, 2.05) is 61.5 Å². The van der Waals surface area contributed by atoms with Crippen molar-refractivity contribution < 1.29 is 23.7 Å². The Kier molecular flexibility index (Phi) is 6.27. The van der Waals surface area contributed by atoms with E-state index in [0.717, 1.165) is 21.9 Å². The lowest BCUT2D eigenvalue weighted by Crippen LogP contribution is -2.39. The van der Waals surface area contributed by atoms with Gasteiger partial charge >= 0.3 is 7.82 Å². The molecule has 0 aliphatic rings. The fourth-order valence-corrected chi connectivity index (χ4v) is 3.44. The first kappa shape index (κ1) is 20.2. The van der Waals surface area contributed by atoms with Crippen LogP contribution in [-0.4, -0.2) is 28.3 Å². The molecule has 0 aliphatic heterocycles. The van der Waals surface area contributed by atoms with Crippen LogP contribution in [0.3, 0.4) is 0 Å². The molecule has 0 bridgehead atoms. The average molecular weight is 399 g/mol. The smallest absolute Gasteiger partial charge is 0.347 e. The van der Waals surface area contributed by atoms with Crippen LogP contribution in [0.5, 0.6) is 0 Å². The molecule has 1 unspecified atom stereocenters. The van der Waals surface area contributed by atoms with E-state index in [-0.39, 0.29) is 12.5 Å². The zero-order chi connectivity index (χ0) is 20.1. The number of phosphoric acid groups is 1. The SMILES string of the molecule is Cc1cccc(CC(COP(=O)(O)O)NC(=O)c2ccc3ccccc3c2)c1. The number of amides is 1. The van der Waals surface area contributed by atoms with Gasteiger partial charge in [0.2, 0.25) is 0 Å². The van der Waals surface area contributed by atoms with Crippen molar-refractivity contribution in [1.82, 2.24) is 5.32 Å². The quantitative estimate of drug-likeness (QED) is 0.528. The summed E-state index contributed by atoms with van der Waals surface area (Å²) < 4.78 is 15.8. The Hall–Kier alpha value is -2.50. The maximum absolute atomic E-state index is 12.7. The van der Waals surface area contributed by atoms with Gasteiger partial charge in [-0.2, -0.15) is 0 Å². The molecule has 28 heavy (non-hydrogen) atoms. The summed E-state index contributed by atoms with van der Waals surface area (Å²) in [6, 6.07) is 20.2. The third kappa shape index (κ3) is 5.75. The molecule has 1 amide bonds. The Morgan fingerprint density at radius 3 is 2.50 bits per heavy atom. The first-order valence-electron chi connectivity index (χ1n) is 8.85. The molecule has 0 fully saturated rings. The second-order valence-corrected chi connectivity index (χ2v) is 7.95. The third-order valence-electron chi connectivity index (χ3n) is 4.36. The van der Waals surface area contributed by atoms with E-state index in [1.165, 1.54) is 0 Å². The van der Waals surface area contributed by atoms with Gasteiger partial charge in [0.25, 0.3) is 5.91 Å². The summed E-state index contributed by atoms with van der Waals surface area (Å²) >= 11 is 0. The van der Waals surface area contributed by atoms with Gasteiger partial charge in [-0.05, 0) is 41.8 Å². The van der Waals surface area contributed by atoms with Crippen molar-refractivity contribution in [3.05, 3.63) is 83.4 Å². The Bertz CT molecular complexity index is 1030. The number of fused-ring (bicyclic) bond motifs is 1. The lowest BCUT2D eigenvalue weighted by atomic mass is 10.0. The highest BCUT2D eigenvalue weighted by Crippen LogP contribution is 2.35. The Labute approximate surface area is 163 Å². The summed E-state index contributed by atoms with van der Waals surface area (Å²) in [6.07, 6.45) is 0.390. The standard InChI is InChI=1S/C21H22NO5P/c1-15-5-4-6-16(11-15)12-20(14-27-28(24,25)26)22-21(23)19-10-9-17-7-2-3-8-18(17)13-19/h2-11,13,20H,12,14H2,1H3,(H,22,23)(H2,24,25,26). The van der Waals surface area contributed by atoms with Gasteiger partial charge in [-0.15, -0.1) is 0 Å². The van der Waals surface area contributed by atoms with Crippen molar-refractivity contribution in [1.29, 1.82) is 0 Å². The number of benzene rings is 3. The van der Waals surface area contributed by atoms with Crippen LogP contribution in [0.4, 0.5) is 0 Å². The van der Waals surface area contributed by atoms with E-state index < -0.39 is 13.9 Å². The summed E-state index contributed by atoms with van der Waals surface area (Å²) in [5, 5.41) is 4.80. The monoisotopic (exact) mass is 399 g/mol. The molecule has 0 aliphatic carbocycles. The van der Waals surface area contributed by atoms with Gasteiger partial charge in [-0.25, -0.2) is 4.57 Å². The predicted molar refractivity (Wildman–Crippen MR) is 108 cm³/mol. The van der Waals surface area contributed by atoms with Gasteiger partial charge < -0.3 is 15.1 Å². The van der Waals surface area contributed by atoms with Crippen molar-refractivity contribution in [3.8, 4) is 0 Å². The van der Waals surface area contributed by atoms with Crippen molar-refractivity contribution in [3.63, 3.8) is 0 Å². The minimum Gasteiger partial charge on any atom is -0.347 e. The van der Waals surface area contributed by atoms with Crippen molar-refractivity contribution in [2.75, 3.05) is 6.61 Å². The number of carbonyl (C=O) groups excluding carboxylic acids is 1. The Morgan fingerprint density at radius 2 is 1.79 bits per heavy atom. The fourth-order valence-electron chi connectivity index (χ4n) is 3.06. The molecular weight excluding hydrogens is 377 g/mol. The summed E-state index contributed by atoms with van der Waals surface area (Å²) in [6.45, 7) is 1.66. The molecule has 3 N–H and O–H groups in total. The van der Waals surface area contributed by atoms with Crippen LogP contribution in [0.2, 0.25) is 0 Å². The molecular formula is C21H22NO5P. The van der Waals surface area contributed by atoms with E-state index in [1.54, 1.807) is 12.1 Å². The number of aryl methyl sites for hydroxylation is 1. The van der Waals surface area contributed by atoms with Gasteiger partial charge in [0, 0.05) is 5.56 Å². The molecule has 0 radical (unpaired) electrons.